The van der Waals surface area contributed by atoms with E-state index < -0.39 is 54.5 Å². The molecule has 2 aliphatic rings. The van der Waals surface area contributed by atoms with Crippen LogP contribution in [0, 0.1) is 0 Å². The normalized spacial score (nSPS) is 33.1. The summed E-state index contributed by atoms with van der Waals surface area (Å²) in [5.74, 6) is -0.728. The zero-order chi connectivity index (χ0) is 26.8. The summed E-state index contributed by atoms with van der Waals surface area (Å²) in [6.45, 7) is 4.56. The minimum absolute atomic E-state index is 0.0550. The molecule has 1 aromatic carbocycles. The van der Waals surface area contributed by atoms with Crippen molar-refractivity contribution in [1.82, 2.24) is 0 Å². The van der Waals surface area contributed by atoms with Crippen LogP contribution in [-0.4, -0.2) is 98.3 Å². The van der Waals surface area contributed by atoms with Crippen LogP contribution in [0.4, 0.5) is 0 Å². The van der Waals surface area contributed by atoms with Crippen molar-refractivity contribution in [3.05, 3.63) is 29.3 Å². The van der Waals surface area contributed by atoms with Gasteiger partial charge in [-0.15, -0.1) is 0 Å². The maximum absolute atomic E-state index is 12.0. The number of hydrogen-bond donors (Lipinski definition) is 6. The van der Waals surface area contributed by atoms with Gasteiger partial charge < -0.3 is 49.6 Å². The van der Waals surface area contributed by atoms with Crippen LogP contribution in [0.1, 0.15) is 44.7 Å². The third-order valence-corrected chi connectivity index (χ3v) is 6.54. The standard InChI is InChI=1S/C25H36O11/c1-24(2,32)17-6-8-25(3,36-17)7-5-13-9-15(27)10-14(11-18(28)33-4)22(13)35-23-21(31)20(30)19(29)16(12-26)34-23/h5,7,9-10,16-17,19-21,23,26-27,29-32H,6,8,11-12H2,1-4H3/b7-5-/t16-,17+,19-,20+,21-,23+,25+/m1/s1. The predicted molar refractivity (Wildman–Crippen MR) is 126 cm³/mol. The van der Waals surface area contributed by atoms with E-state index >= 15 is 0 Å². The van der Waals surface area contributed by atoms with E-state index in [4.69, 9.17) is 18.9 Å². The molecule has 2 saturated heterocycles. The molecule has 0 bridgehead atoms. The van der Waals surface area contributed by atoms with Gasteiger partial charge in [-0.1, -0.05) is 12.2 Å². The van der Waals surface area contributed by atoms with Gasteiger partial charge in [0.15, 0.2) is 0 Å². The molecule has 1 aromatic rings. The number of aliphatic hydroxyl groups excluding tert-OH is 4. The van der Waals surface area contributed by atoms with Gasteiger partial charge in [0.25, 0.3) is 0 Å². The fraction of sp³-hybridized carbons (Fsp3) is 0.640. The van der Waals surface area contributed by atoms with Crippen molar-refractivity contribution in [2.45, 2.75) is 88.0 Å². The third kappa shape index (κ3) is 6.35. The fourth-order valence-electron chi connectivity index (χ4n) is 4.35. The Morgan fingerprint density at radius 1 is 1.22 bits per heavy atom. The Bertz CT molecular complexity index is 954. The molecule has 0 saturated carbocycles. The molecule has 0 radical (unpaired) electrons. The molecule has 2 heterocycles. The topological polar surface area (TPSA) is 175 Å². The van der Waals surface area contributed by atoms with E-state index in [0.717, 1.165) is 0 Å². The van der Waals surface area contributed by atoms with Crippen molar-refractivity contribution in [1.29, 1.82) is 0 Å². The summed E-state index contributed by atoms with van der Waals surface area (Å²) in [6, 6.07) is 2.67. The molecule has 0 amide bonds. The van der Waals surface area contributed by atoms with Gasteiger partial charge in [-0.3, -0.25) is 4.79 Å². The van der Waals surface area contributed by atoms with E-state index in [1.807, 2.05) is 6.92 Å². The number of aromatic hydroxyl groups is 1. The summed E-state index contributed by atoms with van der Waals surface area (Å²) < 4.78 is 22.2. The highest BCUT2D eigenvalue weighted by atomic mass is 16.7. The van der Waals surface area contributed by atoms with E-state index in [1.54, 1.807) is 26.0 Å². The molecule has 3 rings (SSSR count). The number of carbonyl (C=O) groups is 1. The number of hydrogen-bond acceptors (Lipinski definition) is 11. The van der Waals surface area contributed by atoms with Crippen molar-refractivity contribution < 1.29 is 54.4 Å². The first-order valence-corrected chi connectivity index (χ1v) is 11.8. The maximum atomic E-state index is 12.0. The second-order valence-electron chi connectivity index (χ2n) is 10.0. The van der Waals surface area contributed by atoms with Crippen LogP contribution in [0.2, 0.25) is 0 Å². The minimum Gasteiger partial charge on any atom is -0.508 e. The average Bonchev–Trinajstić information content (AvgIpc) is 3.22. The molecule has 7 atom stereocenters. The van der Waals surface area contributed by atoms with Crippen LogP contribution in [0.5, 0.6) is 11.5 Å². The van der Waals surface area contributed by atoms with Crippen molar-refractivity contribution in [3.8, 4) is 11.5 Å². The van der Waals surface area contributed by atoms with E-state index in [-0.39, 0.29) is 29.6 Å². The molecular formula is C25H36O11. The number of phenolic OH excluding ortho intramolecular Hbond substituents is 1. The Balaban J connectivity index is 1.97. The van der Waals surface area contributed by atoms with Crippen LogP contribution in [0.3, 0.4) is 0 Å². The average molecular weight is 513 g/mol. The summed E-state index contributed by atoms with van der Waals surface area (Å²) in [4.78, 5) is 12.0. The highest BCUT2D eigenvalue weighted by Crippen LogP contribution is 2.39. The van der Waals surface area contributed by atoms with Gasteiger partial charge in [-0.2, -0.15) is 0 Å². The highest BCUT2D eigenvalue weighted by molar-refractivity contribution is 5.75. The lowest BCUT2D eigenvalue weighted by molar-refractivity contribution is -0.277. The van der Waals surface area contributed by atoms with E-state index in [0.29, 0.717) is 18.4 Å². The summed E-state index contributed by atoms with van der Waals surface area (Å²) in [6.07, 6.45) is -3.66. The molecule has 11 heteroatoms. The number of ether oxygens (including phenoxy) is 4. The molecule has 202 valence electrons. The Morgan fingerprint density at radius 3 is 2.50 bits per heavy atom. The lowest BCUT2D eigenvalue weighted by Crippen LogP contribution is -2.60. The van der Waals surface area contributed by atoms with Crippen LogP contribution < -0.4 is 4.74 Å². The number of benzene rings is 1. The summed E-state index contributed by atoms with van der Waals surface area (Å²) >= 11 is 0. The summed E-state index contributed by atoms with van der Waals surface area (Å²) in [7, 11) is 1.21. The van der Waals surface area contributed by atoms with Gasteiger partial charge in [0, 0.05) is 11.1 Å². The first-order valence-electron chi connectivity index (χ1n) is 11.8. The second kappa shape index (κ2) is 11.0. The Kier molecular flexibility index (Phi) is 8.67. The molecular weight excluding hydrogens is 476 g/mol. The zero-order valence-corrected chi connectivity index (χ0v) is 20.8. The summed E-state index contributed by atoms with van der Waals surface area (Å²) in [5.41, 5.74) is -1.24. The molecule has 2 aliphatic heterocycles. The van der Waals surface area contributed by atoms with E-state index in [2.05, 4.69) is 0 Å². The van der Waals surface area contributed by atoms with Crippen LogP contribution in [0.15, 0.2) is 18.2 Å². The van der Waals surface area contributed by atoms with Crippen LogP contribution in [0.25, 0.3) is 6.08 Å². The molecule has 0 aromatic heterocycles. The predicted octanol–water partition coefficient (Wildman–Crippen LogP) is 0.00820. The Morgan fingerprint density at radius 2 is 1.92 bits per heavy atom. The number of phenols is 1. The third-order valence-electron chi connectivity index (χ3n) is 6.54. The van der Waals surface area contributed by atoms with Crippen molar-refractivity contribution in [3.63, 3.8) is 0 Å². The van der Waals surface area contributed by atoms with Gasteiger partial charge in [0.2, 0.25) is 6.29 Å². The lowest BCUT2D eigenvalue weighted by atomic mass is 9.96. The maximum Gasteiger partial charge on any atom is 0.310 e. The van der Waals surface area contributed by atoms with Gasteiger partial charge in [0.1, 0.15) is 35.9 Å². The quantitative estimate of drug-likeness (QED) is 0.259. The monoisotopic (exact) mass is 512 g/mol. The molecule has 0 unspecified atom stereocenters. The van der Waals surface area contributed by atoms with Gasteiger partial charge in [0.05, 0.1) is 37.4 Å². The van der Waals surface area contributed by atoms with Crippen molar-refractivity contribution >= 4 is 12.0 Å². The first-order chi connectivity index (χ1) is 16.8. The van der Waals surface area contributed by atoms with Gasteiger partial charge >= 0.3 is 5.97 Å². The van der Waals surface area contributed by atoms with Gasteiger partial charge in [-0.25, -0.2) is 0 Å². The SMILES string of the molecule is COC(=O)Cc1cc(O)cc(/C=C\[C@@]2(C)CC[C@@H](C(C)(C)O)O2)c1O[C@@H]1O[C@H](CO)[C@@H](O)[C@H](O)[C@H]1O. The summed E-state index contributed by atoms with van der Waals surface area (Å²) in [5, 5.41) is 60.8. The van der Waals surface area contributed by atoms with Gasteiger partial charge in [-0.05, 0) is 45.7 Å². The second-order valence-corrected chi connectivity index (χ2v) is 10.0. The van der Waals surface area contributed by atoms with Crippen molar-refractivity contribution in [2.24, 2.45) is 0 Å². The van der Waals surface area contributed by atoms with Crippen LogP contribution >= 0.6 is 0 Å². The van der Waals surface area contributed by atoms with E-state index in [9.17, 15) is 35.4 Å². The highest BCUT2D eigenvalue weighted by Gasteiger charge is 2.45. The first kappa shape index (κ1) is 28.3. The molecule has 0 spiro atoms. The largest absolute Gasteiger partial charge is 0.508 e. The minimum atomic E-state index is -1.68. The number of carbonyl (C=O) groups excluding carboxylic acids is 1. The molecule has 6 N–H and O–H groups in total. The number of aliphatic hydroxyl groups is 5. The number of rotatable bonds is 8. The molecule has 11 nitrogen and oxygen atoms in total. The Hall–Kier alpha value is -2.25. The molecule has 2 fully saturated rings. The number of methoxy groups -OCH3 is 1. The Labute approximate surface area is 209 Å². The molecule has 0 aliphatic carbocycles. The van der Waals surface area contributed by atoms with Crippen molar-refractivity contribution in [2.75, 3.05) is 13.7 Å². The number of esters is 1. The fourth-order valence-corrected chi connectivity index (χ4v) is 4.35. The zero-order valence-electron chi connectivity index (χ0n) is 20.8. The van der Waals surface area contributed by atoms with E-state index in [1.165, 1.54) is 19.2 Å². The lowest BCUT2D eigenvalue weighted by Gasteiger charge is -2.40. The molecule has 36 heavy (non-hydrogen) atoms. The smallest absolute Gasteiger partial charge is 0.310 e. The van der Waals surface area contributed by atoms with Crippen LogP contribution in [-0.2, 0) is 25.4 Å².